The summed E-state index contributed by atoms with van der Waals surface area (Å²) >= 11 is 0. The van der Waals surface area contributed by atoms with Crippen LogP contribution < -0.4 is 5.32 Å². The Balaban J connectivity index is 0.00000220. The molecule has 0 radical (unpaired) electrons. The zero-order valence-corrected chi connectivity index (χ0v) is 12.5. The summed E-state index contributed by atoms with van der Waals surface area (Å²) in [6, 6.07) is 1.58. The van der Waals surface area contributed by atoms with Crippen molar-refractivity contribution in [3.63, 3.8) is 0 Å². The van der Waals surface area contributed by atoms with Crippen LogP contribution in [0.4, 0.5) is 13.2 Å². The Hall–Kier alpha value is -1.54. The molecule has 5 nitrogen and oxygen atoms in total. The lowest BCUT2D eigenvalue weighted by Gasteiger charge is -2.11. The minimum atomic E-state index is -4.26. The van der Waals surface area contributed by atoms with E-state index >= 15 is 0 Å². The first kappa shape index (κ1) is 17.5. The van der Waals surface area contributed by atoms with Crippen LogP contribution in [-0.4, -0.2) is 25.7 Å². The number of nitrogens with one attached hydrogen (secondary N) is 1. The van der Waals surface area contributed by atoms with Crippen LogP contribution in [0.15, 0.2) is 18.5 Å². The molecule has 0 atom stereocenters. The minimum absolute atomic E-state index is 0. The predicted octanol–water partition coefficient (Wildman–Crippen LogP) is 2.20. The van der Waals surface area contributed by atoms with Crippen LogP contribution in [-0.2, 0) is 26.7 Å². The van der Waals surface area contributed by atoms with E-state index in [4.69, 9.17) is 0 Å². The number of hydrogen-bond donors (Lipinski definition) is 1. The van der Waals surface area contributed by atoms with E-state index < -0.39 is 12.7 Å². The van der Waals surface area contributed by atoms with Gasteiger partial charge in [-0.2, -0.15) is 23.4 Å². The van der Waals surface area contributed by atoms with E-state index in [1.54, 1.807) is 16.9 Å². The molecule has 1 N–H and O–H groups in total. The molecule has 9 heteroatoms. The van der Waals surface area contributed by atoms with E-state index in [2.05, 4.69) is 15.5 Å². The van der Waals surface area contributed by atoms with E-state index in [9.17, 15) is 13.2 Å². The molecule has 0 fully saturated rings. The largest absolute Gasteiger partial charge is 0.408 e. The lowest BCUT2D eigenvalue weighted by atomic mass is 10.2. The number of aryl methyl sites for hydroxylation is 2. The van der Waals surface area contributed by atoms with Crippen molar-refractivity contribution in [3.05, 3.63) is 35.4 Å². The van der Waals surface area contributed by atoms with Gasteiger partial charge in [-0.25, -0.2) is 0 Å². The zero-order valence-electron chi connectivity index (χ0n) is 11.7. The number of alkyl halides is 3. The summed E-state index contributed by atoms with van der Waals surface area (Å²) in [5.74, 6) is 0. The summed E-state index contributed by atoms with van der Waals surface area (Å²) in [6.45, 7) is 1.74. The van der Waals surface area contributed by atoms with Gasteiger partial charge < -0.3 is 5.32 Å². The molecule has 0 aliphatic heterocycles. The zero-order chi connectivity index (χ0) is 14.8. The van der Waals surface area contributed by atoms with Gasteiger partial charge in [0, 0.05) is 26.3 Å². The van der Waals surface area contributed by atoms with Crippen molar-refractivity contribution >= 4 is 12.4 Å². The molecule has 0 saturated carbocycles. The number of nitrogens with zero attached hydrogens (tertiary/aromatic N) is 4. The van der Waals surface area contributed by atoms with Crippen molar-refractivity contribution in [1.82, 2.24) is 24.9 Å². The maximum Gasteiger partial charge on any atom is 0.408 e. The maximum absolute atomic E-state index is 12.4. The Bertz CT molecular complexity index is 556. The molecule has 0 saturated heterocycles. The van der Waals surface area contributed by atoms with Gasteiger partial charge in [0.2, 0.25) is 0 Å². The van der Waals surface area contributed by atoms with Gasteiger partial charge in [0.15, 0.2) is 0 Å². The standard InChI is InChI=1S/C12H16F3N5.ClH/c1-9-5-18-19(2)11(9)7-16-6-10-3-4-17-20(10)8-12(13,14)15;/h3-5,16H,6-8H2,1-2H3;1H. The molecule has 2 aromatic rings. The van der Waals surface area contributed by atoms with Crippen LogP contribution in [0, 0.1) is 6.92 Å². The molecule has 118 valence electrons. The molecule has 2 heterocycles. The molecular formula is C12H17ClF3N5. The van der Waals surface area contributed by atoms with Crippen LogP contribution in [0.3, 0.4) is 0 Å². The average Bonchev–Trinajstić information content (AvgIpc) is 2.88. The molecule has 0 bridgehead atoms. The predicted molar refractivity (Wildman–Crippen MR) is 74.0 cm³/mol. The Kier molecular flexibility index (Phi) is 5.79. The fraction of sp³-hybridized carbons (Fsp3) is 0.500. The van der Waals surface area contributed by atoms with Gasteiger partial charge in [0.1, 0.15) is 6.54 Å². The van der Waals surface area contributed by atoms with E-state index in [1.165, 1.54) is 6.20 Å². The van der Waals surface area contributed by atoms with Crippen molar-refractivity contribution in [2.75, 3.05) is 0 Å². The number of hydrogen-bond acceptors (Lipinski definition) is 3. The highest BCUT2D eigenvalue weighted by molar-refractivity contribution is 5.85. The van der Waals surface area contributed by atoms with Gasteiger partial charge >= 0.3 is 6.18 Å². The van der Waals surface area contributed by atoms with Gasteiger partial charge in [-0.05, 0) is 18.6 Å². The lowest BCUT2D eigenvalue weighted by Crippen LogP contribution is -2.23. The summed E-state index contributed by atoms with van der Waals surface area (Å²) < 4.78 is 39.8. The van der Waals surface area contributed by atoms with E-state index in [0.29, 0.717) is 18.8 Å². The van der Waals surface area contributed by atoms with Gasteiger partial charge in [-0.1, -0.05) is 0 Å². The lowest BCUT2D eigenvalue weighted by molar-refractivity contribution is -0.143. The minimum Gasteiger partial charge on any atom is -0.306 e. The van der Waals surface area contributed by atoms with Crippen LogP contribution in [0.2, 0.25) is 0 Å². The van der Waals surface area contributed by atoms with Crippen molar-refractivity contribution < 1.29 is 13.2 Å². The molecular weight excluding hydrogens is 307 g/mol. The van der Waals surface area contributed by atoms with E-state index in [1.807, 2.05) is 14.0 Å². The SMILES string of the molecule is Cc1cnn(C)c1CNCc1ccnn1CC(F)(F)F.Cl. The molecule has 0 aromatic carbocycles. The van der Waals surface area contributed by atoms with Gasteiger partial charge in [0.05, 0.1) is 17.6 Å². The molecule has 2 rings (SSSR count). The van der Waals surface area contributed by atoms with Crippen LogP contribution in [0.1, 0.15) is 17.0 Å². The number of aromatic nitrogens is 4. The Morgan fingerprint density at radius 2 is 1.95 bits per heavy atom. The fourth-order valence-electron chi connectivity index (χ4n) is 1.96. The first-order valence-corrected chi connectivity index (χ1v) is 6.12. The normalized spacial score (nSPS) is 11.5. The van der Waals surface area contributed by atoms with Gasteiger partial charge in [-0.3, -0.25) is 9.36 Å². The monoisotopic (exact) mass is 323 g/mol. The molecule has 2 aromatic heterocycles. The molecule has 0 aliphatic rings. The van der Waals surface area contributed by atoms with E-state index in [0.717, 1.165) is 15.9 Å². The number of rotatable bonds is 5. The Morgan fingerprint density at radius 3 is 2.52 bits per heavy atom. The highest BCUT2D eigenvalue weighted by Crippen LogP contribution is 2.18. The topological polar surface area (TPSA) is 47.7 Å². The third-order valence-corrected chi connectivity index (χ3v) is 3.00. The van der Waals surface area contributed by atoms with Crippen LogP contribution in [0.5, 0.6) is 0 Å². The van der Waals surface area contributed by atoms with E-state index in [-0.39, 0.29) is 12.4 Å². The van der Waals surface area contributed by atoms with Crippen LogP contribution >= 0.6 is 12.4 Å². The summed E-state index contributed by atoms with van der Waals surface area (Å²) in [6.07, 6.45) is -1.14. The smallest absolute Gasteiger partial charge is 0.306 e. The summed E-state index contributed by atoms with van der Waals surface area (Å²) in [5, 5.41) is 10.9. The molecule has 0 unspecified atom stereocenters. The highest BCUT2D eigenvalue weighted by Gasteiger charge is 2.29. The molecule has 21 heavy (non-hydrogen) atoms. The molecule has 0 amide bonds. The van der Waals surface area contributed by atoms with Gasteiger partial charge in [-0.15, -0.1) is 12.4 Å². The molecule has 0 spiro atoms. The molecule has 0 aliphatic carbocycles. The van der Waals surface area contributed by atoms with Crippen molar-refractivity contribution in [3.8, 4) is 0 Å². The van der Waals surface area contributed by atoms with Crippen molar-refractivity contribution in [2.24, 2.45) is 7.05 Å². The third-order valence-electron chi connectivity index (χ3n) is 3.00. The average molecular weight is 324 g/mol. The highest BCUT2D eigenvalue weighted by atomic mass is 35.5. The summed E-state index contributed by atoms with van der Waals surface area (Å²) in [5.41, 5.74) is 2.55. The number of halogens is 4. The fourth-order valence-corrected chi connectivity index (χ4v) is 1.96. The van der Waals surface area contributed by atoms with Crippen LogP contribution in [0.25, 0.3) is 0 Å². The Labute approximate surface area is 126 Å². The van der Waals surface area contributed by atoms with Crippen molar-refractivity contribution in [1.29, 1.82) is 0 Å². The third kappa shape index (κ3) is 4.75. The first-order chi connectivity index (χ1) is 9.37. The maximum atomic E-state index is 12.4. The quantitative estimate of drug-likeness (QED) is 0.917. The first-order valence-electron chi connectivity index (χ1n) is 6.12. The van der Waals surface area contributed by atoms with Crippen molar-refractivity contribution in [2.45, 2.75) is 32.7 Å². The summed E-state index contributed by atoms with van der Waals surface area (Å²) in [7, 11) is 1.83. The Morgan fingerprint density at radius 1 is 1.24 bits per heavy atom. The van der Waals surface area contributed by atoms with Gasteiger partial charge in [0.25, 0.3) is 0 Å². The second kappa shape index (κ2) is 6.95. The second-order valence-corrected chi connectivity index (χ2v) is 4.60. The summed E-state index contributed by atoms with van der Waals surface area (Å²) in [4.78, 5) is 0. The second-order valence-electron chi connectivity index (χ2n) is 4.60.